The van der Waals surface area contributed by atoms with Gasteiger partial charge >= 0.3 is 5.97 Å². The zero-order valence-corrected chi connectivity index (χ0v) is 20.7. The van der Waals surface area contributed by atoms with Crippen LogP contribution in [0, 0.1) is 6.92 Å². The second-order valence-corrected chi connectivity index (χ2v) is 10.6. The van der Waals surface area contributed by atoms with Crippen molar-refractivity contribution in [3.8, 4) is 11.3 Å². The van der Waals surface area contributed by atoms with E-state index in [0.717, 1.165) is 60.2 Å². The number of aliphatic imine (C=N–C) groups is 1. The van der Waals surface area contributed by atoms with Crippen LogP contribution in [0.15, 0.2) is 39.7 Å². The van der Waals surface area contributed by atoms with Gasteiger partial charge in [-0.1, -0.05) is 25.3 Å². The molecule has 1 aromatic carbocycles. The van der Waals surface area contributed by atoms with E-state index in [2.05, 4.69) is 5.32 Å². The van der Waals surface area contributed by atoms with Crippen LogP contribution < -0.4 is 5.32 Å². The molecule has 7 heteroatoms. The number of amides is 1. The van der Waals surface area contributed by atoms with E-state index < -0.39 is 5.97 Å². The number of carboxylic acids is 1. The van der Waals surface area contributed by atoms with E-state index in [0.29, 0.717) is 11.5 Å². The van der Waals surface area contributed by atoms with E-state index >= 15 is 0 Å². The van der Waals surface area contributed by atoms with Crippen molar-refractivity contribution < 1.29 is 19.1 Å². The zero-order valence-electron chi connectivity index (χ0n) is 19.9. The monoisotopic (exact) mass is 490 g/mol. The van der Waals surface area contributed by atoms with Crippen LogP contribution >= 0.6 is 11.3 Å². The number of nitrogens with one attached hydrogen (secondary N) is 1. The number of aromatic carboxylic acids is 1. The molecule has 1 saturated carbocycles. The summed E-state index contributed by atoms with van der Waals surface area (Å²) >= 11 is 1.62. The van der Waals surface area contributed by atoms with Gasteiger partial charge in [-0.25, -0.2) is 9.79 Å². The molecule has 0 bridgehead atoms. The summed E-state index contributed by atoms with van der Waals surface area (Å²) in [6.45, 7) is 1.92. The molecule has 1 amide bonds. The summed E-state index contributed by atoms with van der Waals surface area (Å²) in [7, 11) is 0. The second-order valence-electron chi connectivity index (χ2n) is 9.49. The second kappa shape index (κ2) is 10.2. The van der Waals surface area contributed by atoms with E-state index in [4.69, 9.17) is 9.41 Å². The fourth-order valence-electron chi connectivity index (χ4n) is 5.09. The predicted octanol–water partition coefficient (Wildman–Crippen LogP) is 6.71. The van der Waals surface area contributed by atoms with Gasteiger partial charge in [0.05, 0.1) is 17.3 Å². The lowest BCUT2D eigenvalue weighted by Crippen LogP contribution is -2.36. The molecule has 0 unspecified atom stereocenters. The Hall–Kier alpha value is -3.19. The number of hydrogen-bond donors (Lipinski definition) is 2. The highest BCUT2D eigenvalue weighted by Gasteiger charge is 2.27. The highest BCUT2D eigenvalue weighted by Crippen LogP contribution is 2.40. The van der Waals surface area contributed by atoms with Crippen LogP contribution in [0.5, 0.6) is 0 Å². The van der Waals surface area contributed by atoms with Crippen molar-refractivity contribution >= 4 is 34.4 Å². The van der Waals surface area contributed by atoms with Crippen LogP contribution in [0.25, 0.3) is 11.3 Å². The number of carbonyl (C=O) groups is 2. The topological polar surface area (TPSA) is 91.9 Å². The van der Waals surface area contributed by atoms with E-state index in [9.17, 15) is 14.7 Å². The van der Waals surface area contributed by atoms with E-state index in [1.807, 2.05) is 19.1 Å². The van der Waals surface area contributed by atoms with Gasteiger partial charge in [0.15, 0.2) is 0 Å². The van der Waals surface area contributed by atoms with Crippen molar-refractivity contribution in [2.24, 2.45) is 4.99 Å². The van der Waals surface area contributed by atoms with E-state index in [-0.39, 0.29) is 17.5 Å². The molecule has 1 fully saturated rings. The molecule has 182 valence electrons. The number of furan rings is 1. The molecular weight excluding hydrogens is 460 g/mol. The van der Waals surface area contributed by atoms with Crippen LogP contribution in [-0.2, 0) is 12.8 Å². The van der Waals surface area contributed by atoms with Gasteiger partial charge in [0.1, 0.15) is 16.5 Å². The number of rotatable bonds is 6. The summed E-state index contributed by atoms with van der Waals surface area (Å²) in [6, 6.07) is 8.89. The average Bonchev–Trinajstić information content (AvgIpc) is 3.48. The molecule has 0 spiro atoms. The number of carbonyl (C=O) groups excluding carboxylic acids is 1. The molecule has 0 atom stereocenters. The molecule has 2 aliphatic carbocycles. The van der Waals surface area contributed by atoms with Crippen LogP contribution in [-0.4, -0.2) is 29.2 Å². The first-order chi connectivity index (χ1) is 17.0. The Morgan fingerprint density at radius 1 is 1.09 bits per heavy atom. The Bertz CT molecular complexity index is 1280. The number of hydrogen-bond acceptors (Lipinski definition) is 5. The Morgan fingerprint density at radius 2 is 1.89 bits per heavy atom. The van der Waals surface area contributed by atoms with Gasteiger partial charge in [-0.2, -0.15) is 0 Å². The molecule has 0 saturated heterocycles. The Kier molecular flexibility index (Phi) is 6.86. The summed E-state index contributed by atoms with van der Waals surface area (Å²) in [5, 5.41) is 13.3. The van der Waals surface area contributed by atoms with Gasteiger partial charge in [0.25, 0.3) is 5.91 Å². The molecule has 3 aromatic rings. The third-order valence-electron chi connectivity index (χ3n) is 7.01. The van der Waals surface area contributed by atoms with Gasteiger partial charge in [-0.15, -0.1) is 11.3 Å². The number of benzene rings is 1. The maximum atomic E-state index is 13.3. The summed E-state index contributed by atoms with van der Waals surface area (Å²) < 4.78 is 5.99. The average molecular weight is 491 g/mol. The van der Waals surface area contributed by atoms with Crippen molar-refractivity contribution in [2.45, 2.75) is 70.8 Å². The van der Waals surface area contributed by atoms with E-state index in [1.165, 1.54) is 29.7 Å². The lowest BCUT2D eigenvalue weighted by Gasteiger charge is -2.23. The quantitative estimate of drug-likeness (QED) is 0.376. The number of carboxylic acid groups (broad SMARTS) is 1. The minimum absolute atomic E-state index is 0.00435. The molecule has 2 heterocycles. The maximum Gasteiger partial charge on any atom is 0.335 e. The third-order valence-corrected chi connectivity index (χ3v) is 8.21. The minimum Gasteiger partial charge on any atom is -0.478 e. The maximum absolute atomic E-state index is 13.3. The number of fused-ring (bicyclic) bond motifs is 1. The van der Waals surface area contributed by atoms with Gasteiger partial charge < -0.3 is 14.8 Å². The Morgan fingerprint density at radius 3 is 2.69 bits per heavy atom. The summed E-state index contributed by atoms with van der Waals surface area (Å²) in [6.07, 6.45) is 11.5. The largest absolute Gasteiger partial charge is 0.478 e. The number of nitrogens with zero attached hydrogens (tertiary/aromatic N) is 1. The summed E-state index contributed by atoms with van der Waals surface area (Å²) in [4.78, 5) is 30.7. The fraction of sp³-hybridized carbons (Fsp3) is 0.393. The van der Waals surface area contributed by atoms with Gasteiger partial charge in [-0.05, 0) is 80.8 Å². The molecule has 2 aliphatic rings. The zero-order chi connectivity index (χ0) is 24.4. The number of aryl methyl sites for hydroxylation is 2. The number of thiophene rings is 1. The molecule has 0 aliphatic heterocycles. The molecule has 5 rings (SSSR count). The first kappa shape index (κ1) is 23.5. The molecule has 2 aromatic heterocycles. The van der Waals surface area contributed by atoms with Crippen molar-refractivity contribution in [1.29, 1.82) is 0 Å². The summed E-state index contributed by atoms with van der Waals surface area (Å²) in [5.74, 6) is 0.183. The SMILES string of the molecule is Cc1ccc(C(=O)O)cc1-c1ccc(C=Nc2sc3c(c2C(=O)NC2CCCCC2)CCCC3)o1. The van der Waals surface area contributed by atoms with Crippen LogP contribution in [0.2, 0.25) is 0 Å². The van der Waals surface area contributed by atoms with Gasteiger partial charge in [0.2, 0.25) is 0 Å². The van der Waals surface area contributed by atoms with Gasteiger partial charge in [-0.3, -0.25) is 4.79 Å². The van der Waals surface area contributed by atoms with Crippen LogP contribution in [0.1, 0.15) is 87.4 Å². The van der Waals surface area contributed by atoms with Crippen LogP contribution in [0.3, 0.4) is 0 Å². The third kappa shape index (κ3) is 5.10. The molecule has 6 nitrogen and oxygen atoms in total. The first-order valence-corrected chi connectivity index (χ1v) is 13.2. The van der Waals surface area contributed by atoms with Gasteiger partial charge in [0, 0.05) is 16.5 Å². The molecule has 0 radical (unpaired) electrons. The molecule has 35 heavy (non-hydrogen) atoms. The van der Waals surface area contributed by atoms with Crippen molar-refractivity contribution in [3.05, 3.63) is 63.2 Å². The predicted molar refractivity (Wildman–Crippen MR) is 138 cm³/mol. The molecule has 2 N–H and O–H groups in total. The Balaban J connectivity index is 1.41. The summed E-state index contributed by atoms with van der Waals surface area (Å²) in [5.41, 5.74) is 3.80. The normalized spacial score (nSPS) is 16.4. The highest BCUT2D eigenvalue weighted by molar-refractivity contribution is 7.16. The highest BCUT2D eigenvalue weighted by atomic mass is 32.1. The first-order valence-electron chi connectivity index (χ1n) is 12.4. The lowest BCUT2D eigenvalue weighted by atomic mass is 9.93. The van der Waals surface area contributed by atoms with E-state index in [1.54, 1.807) is 35.8 Å². The van der Waals surface area contributed by atoms with Crippen LogP contribution in [0.4, 0.5) is 5.00 Å². The van der Waals surface area contributed by atoms with Crippen molar-refractivity contribution in [1.82, 2.24) is 5.32 Å². The van der Waals surface area contributed by atoms with Crippen molar-refractivity contribution in [2.75, 3.05) is 0 Å². The smallest absolute Gasteiger partial charge is 0.335 e. The lowest BCUT2D eigenvalue weighted by molar-refractivity contribution is 0.0696. The Labute approximate surface area is 209 Å². The fourth-order valence-corrected chi connectivity index (χ4v) is 6.32. The molecular formula is C28H30N2O4S. The standard InChI is InChI=1S/C28H30N2O4S/c1-17-11-12-18(28(32)33)15-22(17)23-14-13-20(34-23)16-29-27-25(21-9-5-6-10-24(21)35-27)26(31)30-19-7-3-2-4-8-19/h11-16,19H,2-10H2,1H3,(H,30,31)(H,32,33). The van der Waals surface area contributed by atoms with Crippen molar-refractivity contribution in [3.63, 3.8) is 0 Å². The minimum atomic E-state index is -0.972.